The second-order valence-electron chi connectivity index (χ2n) is 7.35. The third-order valence-corrected chi connectivity index (χ3v) is 6.09. The zero-order valence-corrected chi connectivity index (χ0v) is 17.4. The highest BCUT2D eigenvalue weighted by molar-refractivity contribution is 7.17. The van der Waals surface area contributed by atoms with Crippen molar-refractivity contribution in [2.24, 2.45) is 0 Å². The molecule has 5 nitrogen and oxygen atoms in total. The molecule has 0 saturated carbocycles. The van der Waals surface area contributed by atoms with Crippen molar-refractivity contribution in [3.63, 3.8) is 0 Å². The normalized spacial score (nSPS) is 13.0. The first-order valence-corrected chi connectivity index (χ1v) is 10.7. The van der Waals surface area contributed by atoms with Crippen LogP contribution in [0.4, 0.5) is 13.2 Å². The minimum atomic E-state index is -4.43. The van der Waals surface area contributed by atoms with Crippen LogP contribution >= 0.6 is 11.3 Å². The van der Waals surface area contributed by atoms with Crippen molar-refractivity contribution < 1.29 is 27.4 Å². The van der Waals surface area contributed by atoms with Gasteiger partial charge >= 0.3 is 6.18 Å². The molecular formula is C23H17F3N2O3S. The fourth-order valence-electron chi connectivity index (χ4n) is 3.69. The Morgan fingerprint density at radius 3 is 2.72 bits per heavy atom. The molecule has 1 aliphatic heterocycles. The smallest absolute Gasteiger partial charge is 0.416 e. The van der Waals surface area contributed by atoms with Gasteiger partial charge in [0.25, 0.3) is 5.91 Å². The molecule has 0 bridgehead atoms. The van der Waals surface area contributed by atoms with Crippen LogP contribution < -0.4 is 14.8 Å². The van der Waals surface area contributed by atoms with E-state index in [4.69, 9.17) is 9.47 Å². The third kappa shape index (κ3) is 3.91. The van der Waals surface area contributed by atoms with Crippen LogP contribution in [0.25, 0.3) is 10.2 Å². The molecule has 1 amide bonds. The van der Waals surface area contributed by atoms with E-state index in [1.165, 1.54) is 17.4 Å². The standard InChI is InChI=1S/C23H17F3N2O3S/c24-23(25,26)16-3-1-2-14(8-16)11-27-22(29)18-10-21-17(6-7-32-21)28(18)12-15-4-5-19-20(9-15)31-13-30-19/h1-10H,11-13H2,(H,27,29). The summed E-state index contributed by atoms with van der Waals surface area (Å²) in [4.78, 5) is 13.0. The Kier molecular flexibility index (Phi) is 5.05. The lowest BCUT2D eigenvalue weighted by Gasteiger charge is -2.12. The average molecular weight is 458 g/mol. The van der Waals surface area contributed by atoms with Gasteiger partial charge in [-0.2, -0.15) is 13.2 Å². The SMILES string of the molecule is O=C(NCc1cccc(C(F)(F)F)c1)c1cc2sccc2n1Cc1ccc2c(c1)OCO2. The van der Waals surface area contributed by atoms with Gasteiger partial charge in [0.2, 0.25) is 6.79 Å². The van der Waals surface area contributed by atoms with E-state index >= 15 is 0 Å². The van der Waals surface area contributed by atoms with Crippen molar-refractivity contribution in [1.29, 1.82) is 0 Å². The van der Waals surface area contributed by atoms with E-state index in [2.05, 4.69) is 5.32 Å². The molecule has 0 aliphatic carbocycles. The summed E-state index contributed by atoms with van der Waals surface area (Å²) < 4.78 is 52.5. The zero-order chi connectivity index (χ0) is 22.3. The second kappa shape index (κ2) is 7.90. The van der Waals surface area contributed by atoms with E-state index in [1.54, 1.807) is 12.1 Å². The van der Waals surface area contributed by atoms with Crippen molar-refractivity contribution in [2.75, 3.05) is 6.79 Å². The van der Waals surface area contributed by atoms with Gasteiger partial charge in [0.15, 0.2) is 11.5 Å². The highest BCUT2D eigenvalue weighted by Gasteiger charge is 2.30. The second-order valence-corrected chi connectivity index (χ2v) is 8.30. The number of nitrogens with zero attached hydrogens (tertiary/aromatic N) is 1. The van der Waals surface area contributed by atoms with Crippen LogP contribution in [-0.4, -0.2) is 17.3 Å². The van der Waals surface area contributed by atoms with Gasteiger partial charge < -0.3 is 19.4 Å². The molecule has 1 aliphatic rings. The van der Waals surface area contributed by atoms with Gasteiger partial charge in [0.05, 0.1) is 15.8 Å². The van der Waals surface area contributed by atoms with E-state index in [0.717, 1.165) is 27.9 Å². The number of fused-ring (bicyclic) bond motifs is 2. The number of thiophene rings is 1. The molecule has 32 heavy (non-hydrogen) atoms. The molecule has 9 heteroatoms. The molecule has 0 radical (unpaired) electrons. The van der Waals surface area contributed by atoms with Crippen molar-refractivity contribution in [1.82, 2.24) is 9.88 Å². The van der Waals surface area contributed by atoms with Crippen LogP contribution in [0, 0.1) is 0 Å². The summed E-state index contributed by atoms with van der Waals surface area (Å²) in [5.74, 6) is 0.985. The summed E-state index contributed by atoms with van der Waals surface area (Å²) in [7, 11) is 0. The molecular weight excluding hydrogens is 441 g/mol. The van der Waals surface area contributed by atoms with Gasteiger partial charge in [-0.3, -0.25) is 4.79 Å². The topological polar surface area (TPSA) is 52.5 Å². The Balaban J connectivity index is 1.38. The quantitative estimate of drug-likeness (QED) is 0.434. The summed E-state index contributed by atoms with van der Waals surface area (Å²) in [6.45, 7) is 0.606. The van der Waals surface area contributed by atoms with Crippen LogP contribution in [0.2, 0.25) is 0 Å². The van der Waals surface area contributed by atoms with Crippen LogP contribution in [-0.2, 0) is 19.3 Å². The molecule has 164 valence electrons. The number of nitrogens with one attached hydrogen (secondary N) is 1. The van der Waals surface area contributed by atoms with Gasteiger partial charge in [0, 0.05) is 13.1 Å². The number of carbonyl (C=O) groups excluding carboxylic acids is 1. The van der Waals surface area contributed by atoms with Crippen LogP contribution in [0.3, 0.4) is 0 Å². The Morgan fingerprint density at radius 1 is 1.03 bits per heavy atom. The Hall–Kier alpha value is -3.46. The summed E-state index contributed by atoms with van der Waals surface area (Å²) >= 11 is 1.52. The zero-order valence-electron chi connectivity index (χ0n) is 16.6. The monoisotopic (exact) mass is 458 g/mol. The predicted molar refractivity (Wildman–Crippen MR) is 114 cm³/mol. The van der Waals surface area contributed by atoms with E-state index < -0.39 is 11.7 Å². The first-order valence-electron chi connectivity index (χ1n) is 9.78. The number of alkyl halides is 3. The van der Waals surface area contributed by atoms with Crippen molar-refractivity contribution in [3.8, 4) is 11.5 Å². The van der Waals surface area contributed by atoms with Crippen LogP contribution in [0.5, 0.6) is 11.5 Å². The lowest BCUT2D eigenvalue weighted by Crippen LogP contribution is -2.25. The molecule has 1 N–H and O–H groups in total. The van der Waals surface area contributed by atoms with E-state index in [1.807, 2.05) is 34.2 Å². The minimum absolute atomic E-state index is 0.00833. The molecule has 2 aromatic heterocycles. The Labute approximate surface area is 185 Å². The van der Waals surface area contributed by atoms with E-state index in [9.17, 15) is 18.0 Å². The molecule has 0 spiro atoms. The highest BCUT2D eigenvalue weighted by atomic mass is 32.1. The molecule has 4 aromatic rings. The number of ether oxygens (including phenoxy) is 2. The molecule has 0 saturated heterocycles. The fraction of sp³-hybridized carbons (Fsp3) is 0.174. The Morgan fingerprint density at radius 2 is 1.88 bits per heavy atom. The van der Waals surface area contributed by atoms with Crippen LogP contribution in [0.15, 0.2) is 60.0 Å². The maximum absolute atomic E-state index is 13.0. The first kappa shape index (κ1) is 20.4. The molecule has 3 heterocycles. The maximum atomic E-state index is 13.0. The maximum Gasteiger partial charge on any atom is 0.416 e. The van der Waals surface area contributed by atoms with Gasteiger partial charge in [0.1, 0.15) is 5.69 Å². The summed E-state index contributed by atoms with van der Waals surface area (Å²) in [5, 5.41) is 4.69. The number of amides is 1. The molecule has 0 fully saturated rings. The third-order valence-electron chi connectivity index (χ3n) is 5.24. The van der Waals surface area contributed by atoms with Crippen molar-refractivity contribution >= 4 is 27.5 Å². The number of carbonyl (C=O) groups is 1. The first-order chi connectivity index (χ1) is 15.4. The van der Waals surface area contributed by atoms with Crippen molar-refractivity contribution in [3.05, 3.63) is 82.4 Å². The number of benzene rings is 2. The van der Waals surface area contributed by atoms with E-state index in [0.29, 0.717) is 29.3 Å². The average Bonchev–Trinajstić information content (AvgIpc) is 3.48. The lowest BCUT2D eigenvalue weighted by molar-refractivity contribution is -0.137. The van der Waals surface area contributed by atoms with E-state index in [-0.39, 0.29) is 19.2 Å². The van der Waals surface area contributed by atoms with Crippen molar-refractivity contribution in [2.45, 2.75) is 19.3 Å². The van der Waals surface area contributed by atoms with Gasteiger partial charge in [-0.15, -0.1) is 11.3 Å². The summed E-state index contributed by atoms with van der Waals surface area (Å²) in [5.41, 5.74) is 1.93. The van der Waals surface area contributed by atoms with Crippen LogP contribution in [0.1, 0.15) is 27.2 Å². The number of rotatable bonds is 5. The lowest BCUT2D eigenvalue weighted by atomic mass is 10.1. The number of halogens is 3. The number of hydrogen-bond acceptors (Lipinski definition) is 4. The highest BCUT2D eigenvalue weighted by Crippen LogP contribution is 2.34. The predicted octanol–water partition coefficient (Wildman–Crippen LogP) is 5.43. The molecule has 0 unspecified atom stereocenters. The molecule has 0 atom stereocenters. The molecule has 2 aromatic carbocycles. The van der Waals surface area contributed by atoms with Gasteiger partial charge in [-0.1, -0.05) is 18.2 Å². The number of aromatic nitrogens is 1. The largest absolute Gasteiger partial charge is 0.454 e. The fourth-order valence-corrected chi connectivity index (χ4v) is 4.51. The van der Waals surface area contributed by atoms with Gasteiger partial charge in [-0.25, -0.2) is 0 Å². The summed E-state index contributed by atoms with van der Waals surface area (Å²) in [6, 6.07) is 14.3. The Bertz CT molecular complexity index is 1310. The molecule has 5 rings (SSSR count). The number of hydrogen-bond donors (Lipinski definition) is 1. The summed E-state index contributed by atoms with van der Waals surface area (Å²) in [6.07, 6.45) is -4.43. The minimum Gasteiger partial charge on any atom is -0.454 e. The van der Waals surface area contributed by atoms with Gasteiger partial charge in [-0.05, 0) is 52.9 Å².